The fourth-order valence-electron chi connectivity index (χ4n) is 3.30. The molecule has 140 valence electrons. The van der Waals surface area contributed by atoms with Crippen molar-refractivity contribution in [1.82, 2.24) is 5.06 Å². The molecule has 0 amide bonds. The van der Waals surface area contributed by atoms with Crippen molar-refractivity contribution in [3.05, 3.63) is 53.5 Å². The molecule has 0 saturated carbocycles. The van der Waals surface area contributed by atoms with Crippen LogP contribution in [0.15, 0.2) is 47.1 Å². The van der Waals surface area contributed by atoms with Crippen molar-refractivity contribution in [2.75, 3.05) is 6.61 Å². The third kappa shape index (κ3) is 2.93. The van der Waals surface area contributed by atoms with Gasteiger partial charge in [0.2, 0.25) is 0 Å². The number of aliphatic imine (C=N–C) groups is 1. The van der Waals surface area contributed by atoms with Crippen LogP contribution < -0.4 is 0 Å². The summed E-state index contributed by atoms with van der Waals surface area (Å²) in [5, 5.41) is 10.5. The van der Waals surface area contributed by atoms with E-state index in [1.54, 1.807) is 13.8 Å². The van der Waals surface area contributed by atoms with Gasteiger partial charge in [0.25, 0.3) is 0 Å². The van der Waals surface area contributed by atoms with Crippen LogP contribution >= 0.6 is 0 Å². The molecule has 0 saturated heterocycles. The van der Waals surface area contributed by atoms with Gasteiger partial charge in [-0.25, -0.2) is 14.4 Å². The average Bonchev–Trinajstić information content (AvgIpc) is 2.54. The van der Waals surface area contributed by atoms with Gasteiger partial charge in [0.05, 0.1) is 11.8 Å². The molecule has 2 aliphatic rings. The fourth-order valence-corrected chi connectivity index (χ4v) is 3.30. The molecule has 1 N–H and O–H groups in total. The van der Waals surface area contributed by atoms with Crippen LogP contribution in [0.2, 0.25) is 0 Å². The lowest BCUT2D eigenvalue weighted by Crippen LogP contribution is -2.51. The molecule has 0 unspecified atom stereocenters. The molecule has 4 nitrogen and oxygen atoms in total. The molecule has 0 aromatic heterocycles. The van der Waals surface area contributed by atoms with Crippen molar-refractivity contribution in [2.45, 2.75) is 38.0 Å². The number of hydroxylamine groups is 2. The van der Waals surface area contributed by atoms with Crippen LogP contribution in [0.25, 0.3) is 0 Å². The maximum atomic E-state index is 14.4. The zero-order chi connectivity index (χ0) is 19.1. The van der Waals surface area contributed by atoms with E-state index in [2.05, 4.69) is 4.99 Å². The Morgan fingerprint density at radius 3 is 2.69 bits per heavy atom. The molecule has 26 heavy (non-hydrogen) atoms. The number of benzene rings is 1. The molecule has 3 rings (SSSR count). The Hall–Kier alpha value is -2.19. The Balaban J connectivity index is 2.24. The van der Waals surface area contributed by atoms with Crippen LogP contribution in [0.5, 0.6) is 0 Å². The summed E-state index contributed by atoms with van der Waals surface area (Å²) < 4.78 is 62.5. The minimum absolute atomic E-state index is 0.0326. The molecule has 0 radical (unpaired) electrons. The minimum atomic E-state index is -4.76. The summed E-state index contributed by atoms with van der Waals surface area (Å²) in [6, 6.07) is 3.09. The number of halogens is 4. The summed E-state index contributed by atoms with van der Waals surface area (Å²) in [6.45, 7) is 3.26. The summed E-state index contributed by atoms with van der Waals surface area (Å²) in [7, 11) is 0. The van der Waals surface area contributed by atoms with Crippen LogP contribution in [-0.4, -0.2) is 35.0 Å². The second-order valence-electron chi connectivity index (χ2n) is 6.44. The maximum Gasteiger partial charge on any atom is 0.402 e. The molecule has 1 atom stereocenters. The zero-order valence-electron chi connectivity index (χ0n) is 14.2. The number of nitrogens with zero attached hydrogens (tertiary/aromatic N) is 2. The van der Waals surface area contributed by atoms with Crippen LogP contribution in [0.4, 0.5) is 23.2 Å². The summed E-state index contributed by atoms with van der Waals surface area (Å²) in [6.07, 6.45) is -1.72. The molecular formula is C18H18F4N2O2. The second-order valence-corrected chi connectivity index (χ2v) is 6.44. The molecule has 1 aromatic rings. The lowest BCUT2D eigenvalue weighted by Gasteiger charge is -2.43. The fraction of sp³-hybridized carbons (Fsp3) is 0.389. The van der Waals surface area contributed by atoms with E-state index in [4.69, 9.17) is 4.74 Å². The molecule has 0 aliphatic carbocycles. The van der Waals surface area contributed by atoms with Gasteiger partial charge in [0.1, 0.15) is 11.2 Å². The van der Waals surface area contributed by atoms with E-state index in [0.29, 0.717) is 5.06 Å². The van der Waals surface area contributed by atoms with Crippen molar-refractivity contribution in [3.63, 3.8) is 0 Å². The number of alkyl halides is 3. The van der Waals surface area contributed by atoms with E-state index >= 15 is 0 Å². The monoisotopic (exact) mass is 370 g/mol. The maximum absolute atomic E-state index is 14.4. The van der Waals surface area contributed by atoms with Gasteiger partial charge in [0, 0.05) is 23.9 Å². The van der Waals surface area contributed by atoms with E-state index in [0.717, 1.165) is 12.1 Å². The lowest BCUT2D eigenvalue weighted by atomic mass is 9.68. The van der Waals surface area contributed by atoms with Gasteiger partial charge >= 0.3 is 6.18 Å². The zero-order valence-corrected chi connectivity index (χ0v) is 14.2. The van der Waals surface area contributed by atoms with Crippen LogP contribution in [0.1, 0.15) is 25.8 Å². The SMILES string of the molecule is CC(C)OCC[C@]1(C(F)(F)F)C2=CC=CN(O)C2=Nc2ccc(F)cc21. The van der Waals surface area contributed by atoms with Crippen molar-refractivity contribution < 1.29 is 27.5 Å². The highest BCUT2D eigenvalue weighted by Crippen LogP contribution is 2.55. The van der Waals surface area contributed by atoms with Crippen molar-refractivity contribution >= 4 is 11.5 Å². The average molecular weight is 370 g/mol. The van der Waals surface area contributed by atoms with Gasteiger partial charge in [-0.15, -0.1) is 0 Å². The van der Waals surface area contributed by atoms with Crippen LogP contribution in [0, 0.1) is 5.82 Å². The quantitative estimate of drug-likeness (QED) is 0.786. The first kappa shape index (κ1) is 18.6. The highest BCUT2D eigenvalue weighted by Gasteiger charge is 2.61. The second kappa shape index (κ2) is 6.51. The molecule has 2 aliphatic heterocycles. The minimum Gasteiger partial charge on any atom is -0.379 e. The Kier molecular flexibility index (Phi) is 4.66. The summed E-state index contributed by atoms with van der Waals surface area (Å²) in [4.78, 5) is 4.11. The Morgan fingerprint density at radius 2 is 2.04 bits per heavy atom. The smallest absolute Gasteiger partial charge is 0.379 e. The molecule has 0 bridgehead atoms. The lowest BCUT2D eigenvalue weighted by molar-refractivity contribution is -0.184. The summed E-state index contributed by atoms with van der Waals surface area (Å²) in [5.41, 5.74) is -3.09. The predicted octanol–water partition coefficient (Wildman–Crippen LogP) is 4.63. The normalized spacial score (nSPS) is 22.1. The summed E-state index contributed by atoms with van der Waals surface area (Å²) >= 11 is 0. The molecular weight excluding hydrogens is 352 g/mol. The first-order valence-electron chi connectivity index (χ1n) is 8.11. The standard InChI is InChI=1S/C18H18F4N2O2/c1-11(2)26-9-7-17(18(20,21)22)13-4-3-8-24(25)16(13)23-15-6-5-12(19)10-14(15)17/h3-6,8,10-11,25H,7,9H2,1-2H3/t17-/m0/s1. The molecule has 8 heteroatoms. The number of hydrogen-bond acceptors (Lipinski definition) is 4. The Labute approximate surface area is 148 Å². The van der Waals surface area contributed by atoms with Crippen LogP contribution in [0.3, 0.4) is 0 Å². The number of amidine groups is 1. The van der Waals surface area contributed by atoms with Gasteiger partial charge < -0.3 is 4.74 Å². The Bertz CT molecular complexity index is 799. The van der Waals surface area contributed by atoms with Crippen molar-refractivity contribution in [2.24, 2.45) is 4.99 Å². The van der Waals surface area contributed by atoms with Crippen molar-refractivity contribution in [1.29, 1.82) is 0 Å². The third-order valence-corrected chi connectivity index (χ3v) is 4.46. The molecule has 2 heterocycles. The van der Waals surface area contributed by atoms with Gasteiger partial charge in [-0.05, 0) is 44.5 Å². The topological polar surface area (TPSA) is 45.1 Å². The largest absolute Gasteiger partial charge is 0.402 e. The van der Waals surface area contributed by atoms with Gasteiger partial charge in [0.15, 0.2) is 5.84 Å². The summed E-state index contributed by atoms with van der Waals surface area (Å²) in [5.74, 6) is -1.01. The van der Waals surface area contributed by atoms with E-state index in [-0.39, 0.29) is 35.4 Å². The first-order chi connectivity index (χ1) is 12.2. The van der Waals surface area contributed by atoms with Gasteiger partial charge in [-0.1, -0.05) is 6.08 Å². The Morgan fingerprint density at radius 1 is 1.31 bits per heavy atom. The number of hydrogen-bond donors (Lipinski definition) is 1. The van der Waals surface area contributed by atoms with Gasteiger partial charge in [-0.3, -0.25) is 5.21 Å². The van der Waals surface area contributed by atoms with Gasteiger partial charge in [-0.2, -0.15) is 13.2 Å². The first-order valence-corrected chi connectivity index (χ1v) is 8.11. The van der Waals surface area contributed by atoms with E-state index in [1.807, 2.05) is 0 Å². The van der Waals surface area contributed by atoms with E-state index in [9.17, 15) is 22.8 Å². The number of allylic oxidation sites excluding steroid dienone is 2. The molecule has 1 aromatic carbocycles. The third-order valence-electron chi connectivity index (χ3n) is 4.46. The van der Waals surface area contributed by atoms with E-state index < -0.39 is 23.8 Å². The molecule has 0 fully saturated rings. The van der Waals surface area contributed by atoms with Crippen molar-refractivity contribution in [3.8, 4) is 0 Å². The highest BCUT2D eigenvalue weighted by atomic mass is 19.4. The van der Waals surface area contributed by atoms with Crippen LogP contribution in [-0.2, 0) is 10.2 Å². The van der Waals surface area contributed by atoms with E-state index in [1.165, 1.54) is 24.4 Å². The number of ether oxygens (including phenoxy) is 1. The predicted molar refractivity (Wildman–Crippen MR) is 87.8 cm³/mol. The number of rotatable bonds is 4. The number of fused-ring (bicyclic) bond motifs is 2. The highest BCUT2D eigenvalue weighted by molar-refractivity contribution is 6.05. The molecule has 0 spiro atoms.